The average Bonchev–Trinajstić information content (AvgIpc) is 3.66. The number of hydrogen-bond acceptors (Lipinski definition) is 9. The minimum Gasteiger partial charge on any atom is -0.507 e. The van der Waals surface area contributed by atoms with Crippen molar-refractivity contribution in [3.8, 4) is 11.5 Å². The number of thioether (sulfide) groups is 1. The molecular formula is C35H28ClN3O5S2. The predicted molar refractivity (Wildman–Crippen MR) is 181 cm³/mol. The summed E-state index contributed by atoms with van der Waals surface area (Å²) in [6, 6.07) is 30.2. The number of rotatable bonds is 11. The molecule has 0 spiro atoms. The second-order valence-electron chi connectivity index (χ2n) is 10.2. The van der Waals surface area contributed by atoms with Crippen LogP contribution in [-0.4, -0.2) is 33.6 Å². The molecule has 2 heterocycles. The number of nitrogens with zero attached hydrogens (tertiary/aromatic N) is 3. The molecule has 0 radical (unpaired) electrons. The lowest BCUT2D eigenvalue weighted by Crippen LogP contribution is -2.29. The molecule has 1 atom stereocenters. The van der Waals surface area contributed by atoms with Gasteiger partial charge in [0.05, 0.1) is 18.2 Å². The maximum atomic E-state index is 13.6. The van der Waals surface area contributed by atoms with Gasteiger partial charge in [-0.25, -0.2) is 0 Å². The zero-order valence-electron chi connectivity index (χ0n) is 24.6. The molecule has 8 nitrogen and oxygen atoms in total. The predicted octanol–water partition coefficient (Wildman–Crippen LogP) is 8.09. The van der Waals surface area contributed by atoms with Crippen molar-refractivity contribution in [3.63, 3.8) is 0 Å². The Morgan fingerprint density at radius 3 is 2.28 bits per heavy atom. The van der Waals surface area contributed by atoms with E-state index in [0.29, 0.717) is 51.0 Å². The number of halogens is 1. The fraction of sp³-hybridized carbons (Fsp3) is 0.143. The van der Waals surface area contributed by atoms with Gasteiger partial charge in [0.15, 0.2) is 4.34 Å². The van der Waals surface area contributed by atoms with Crippen LogP contribution in [0.5, 0.6) is 11.5 Å². The largest absolute Gasteiger partial charge is 0.507 e. The topological polar surface area (TPSA) is 102 Å². The number of aliphatic hydroxyl groups is 1. The summed E-state index contributed by atoms with van der Waals surface area (Å²) in [7, 11) is 0. The van der Waals surface area contributed by atoms with Crippen LogP contribution >= 0.6 is 34.7 Å². The Balaban J connectivity index is 1.33. The third-order valence-electron chi connectivity index (χ3n) is 7.24. The third-order valence-corrected chi connectivity index (χ3v) is 9.71. The van der Waals surface area contributed by atoms with Gasteiger partial charge in [0.25, 0.3) is 5.78 Å². The van der Waals surface area contributed by atoms with Gasteiger partial charge in [0.1, 0.15) is 23.9 Å². The van der Waals surface area contributed by atoms with Crippen molar-refractivity contribution < 1.29 is 24.2 Å². The van der Waals surface area contributed by atoms with Gasteiger partial charge in [0.2, 0.25) is 5.13 Å². The van der Waals surface area contributed by atoms with Crippen molar-refractivity contribution >= 4 is 57.3 Å². The highest BCUT2D eigenvalue weighted by molar-refractivity contribution is 8.00. The lowest BCUT2D eigenvalue weighted by molar-refractivity contribution is -0.132. The average molecular weight is 670 g/mol. The number of carbonyl (C=O) groups excluding carboxylic acids is 2. The Morgan fingerprint density at radius 1 is 0.891 bits per heavy atom. The number of hydrogen-bond donors (Lipinski definition) is 1. The van der Waals surface area contributed by atoms with Crippen molar-refractivity contribution in [2.75, 3.05) is 11.5 Å². The minimum atomic E-state index is -0.955. The maximum absolute atomic E-state index is 13.6. The van der Waals surface area contributed by atoms with E-state index in [-0.39, 0.29) is 16.5 Å². The SMILES string of the molecule is CCOc1ccc(/C(O)=C2/C(=O)C(=O)N(c3nnc(SCc4ccccc4Cl)s3)C2c2ccc(OCc3ccccc3)cc2)cc1. The summed E-state index contributed by atoms with van der Waals surface area (Å²) in [6.07, 6.45) is 0. The number of ether oxygens (including phenoxy) is 2. The van der Waals surface area contributed by atoms with Gasteiger partial charge in [-0.2, -0.15) is 0 Å². The smallest absolute Gasteiger partial charge is 0.301 e. The number of amides is 1. The number of aliphatic hydroxyl groups excluding tert-OH is 1. The van der Waals surface area contributed by atoms with Gasteiger partial charge in [-0.3, -0.25) is 14.5 Å². The molecule has 1 unspecified atom stereocenters. The molecule has 46 heavy (non-hydrogen) atoms. The molecule has 0 aliphatic carbocycles. The molecule has 1 aliphatic heterocycles. The highest BCUT2D eigenvalue weighted by Crippen LogP contribution is 2.44. The summed E-state index contributed by atoms with van der Waals surface area (Å²) in [5.74, 6) is -0.125. The van der Waals surface area contributed by atoms with E-state index in [0.717, 1.165) is 11.1 Å². The Kier molecular flexibility index (Phi) is 9.68. The summed E-state index contributed by atoms with van der Waals surface area (Å²) in [6.45, 7) is 2.75. The molecule has 1 saturated heterocycles. The van der Waals surface area contributed by atoms with E-state index in [9.17, 15) is 14.7 Å². The number of aromatic nitrogens is 2. The fourth-order valence-corrected chi connectivity index (χ4v) is 7.13. The molecule has 11 heteroatoms. The zero-order chi connectivity index (χ0) is 32.0. The third kappa shape index (κ3) is 6.79. The highest BCUT2D eigenvalue weighted by Gasteiger charge is 2.48. The van der Waals surface area contributed by atoms with Crippen LogP contribution in [0.25, 0.3) is 5.76 Å². The molecular weight excluding hydrogens is 642 g/mol. The van der Waals surface area contributed by atoms with Gasteiger partial charge >= 0.3 is 5.91 Å². The van der Waals surface area contributed by atoms with Crippen LogP contribution in [0.1, 0.15) is 35.2 Å². The zero-order valence-corrected chi connectivity index (χ0v) is 27.0. The Bertz CT molecular complexity index is 1880. The summed E-state index contributed by atoms with van der Waals surface area (Å²) in [5, 5.41) is 21.0. The molecule has 1 amide bonds. The van der Waals surface area contributed by atoms with Crippen molar-refractivity contribution in [3.05, 3.63) is 136 Å². The van der Waals surface area contributed by atoms with E-state index in [1.54, 1.807) is 48.5 Å². The van der Waals surface area contributed by atoms with E-state index in [2.05, 4.69) is 10.2 Å². The molecule has 1 fully saturated rings. The van der Waals surface area contributed by atoms with Crippen molar-refractivity contribution in [1.82, 2.24) is 10.2 Å². The van der Waals surface area contributed by atoms with Crippen LogP contribution in [0.3, 0.4) is 0 Å². The van der Waals surface area contributed by atoms with Crippen molar-refractivity contribution in [2.24, 2.45) is 0 Å². The van der Waals surface area contributed by atoms with Crippen LogP contribution in [0.4, 0.5) is 5.13 Å². The minimum absolute atomic E-state index is 0.0485. The summed E-state index contributed by atoms with van der Waals surface area (Å²) >= 11 is 8.94. The normalized spacial score (nSPS) is 15.7. The quantitative estimate of drug-likeness (QED) is 0.0495. The Morgan fingerprint density at radius 2 is 1.57 bits per heavy atom. The summed E-state index contributed by atoms with van der Waals surface area (Å²) in [5.41, 5.74) is 2.89. The monoisotopic (exact) mass is 669 g/mol. The number of Topliss-reactive ketones (excluding diaryl/α,β-unsaturated/α-hetero) is 1. The van der Waals surface area contributed by atoms with Crippen molar-refractivity contribution in [2.45, 2.75) is 29.7 Å². The van der Waals surface area contributed by atoms with E-state index in [1.807, 2.05) is 61.5 Å². The first-order valence-electron chi connectivity index (χ1n) is 14.4. The molecule has 1 aliphatic rings. The number of benzene rings is 4. The lowest BCUT2D eigenvalue weighted by Gasteiger charge is -2.22. The first-order valence-corrected chi connectivity index (χ1v) is 16.6. The van der Waals surface area contributed by atoms with Crippen LogP contribution in [0, 0.1) is 0 Å². The van der Waals surface area contributed by atoms with Gasteiger partial charge in [-0.15, -0.1) is 10.2 Å². The van der Waals surface area contributed by atoms with Gasteiger partial charge in [-0.1, -0.05) is 95.4 Å². The molecule has 0 saturated carbocycles. The number of ketones is 1. The van der Waals surface area contributed by atoms with E-state index in [1.165, 1.54) is 28.0 Å². The molecule has 5 aromatic rings. The fourth-order valence-electron chi connectivity index (χ4n) is 4.98. The standard InChI is InChI=1S/C35H28ClN3O5S2/c1-2-43-26-18-14-24(15-19-26)31(40)29-30(23-12-16-27(17-13-23)44-20-22-8-4-3-5-9-22)39(33(42)32(29)41)34-37-38-35(46-34)45-21-25-10-6-7-11-28(25)36/h3-19,30,40H,2,20-21H2,1H3/b31-29-. The first kappa shape index (κ1) is 31.3. The van der Waals surface area contributed by atoms with Crippen LogP contribution < -0.4 is 14.4 Å². The van der Waals surface area contributed by atoms with E-state index in [4.69, 9.17) is 21.1 Å². The molecule has 0 bridgehead atoms. The molecule has 4 aromatic carbocycles. The van der Waals surface area contributed by atoms with Crippen LogP contribution in [0.2, 0.25) is 5.02 Å². The second-order valence-corrected chi connectivity index (χ2v) is 12.8. The van der Waals surface area contributed by atoms with E-state index < -0.39 is 17.7 Å². The number of carbonyl (C=O) groups is 2. The second kappa shape index (κ2) is 14.2. The van der Waals surface area contributed by atoms with Gasteiger partial charge in [0, 0.05) is 16.3 Å². The Labute approximate surface area is 279 Å². The summed E-state index contributed by atoms with van der Waals surface area (Å²) in [4.78, 5) is 28.6. The van der Waals surface area contributed by atoms with Gasteiger partial charge in [-0.05, 0) is 66.1 Å². The first-order chi connectivity index (χ1) is 22.4. The maximum Gasteiger partial charge on any atom is 0.301 e. The molecule has 1 aromatic heterocycles. The number of anilines is 1. The van der Waals surface area contributed by atoms with Crippen LogP contribution in [0.15, 0.2) is 113 Å². The lowest BCUT2D eigenvalue weighted by atomic mass is 9.95. The highest BCUT2D eigenvalue weighted by atomic mass is 35.5. The van der Waals surface area contributed by atoms with Crippen LogP contribution in [-0.2, 0) is 21.9 Å². The summed E-state index contributed by atoms with van der Waals surface area (Å²) < 4.78 is 12.1. The van der Waals surface area contributed by atoms with Crippen molar-refractivity contribution in [1.29, 1.82) is 0 Å². The molecule has 1 N–H and O–H groups in total. The molecule has 6 rings (SSSR count). The Hall–Kier alpha value is -4.64. The molecule has 232 valence electrons. The van der Waals surface area contributed by atoms with Gasteiger partial charge < -0.3 is 14.6 Å². The van der Waals surface area contributed by atoms with E-state index >= 15 is 0 Å².